The minimum absolute atomic E-state index is 0.392. The Morgan fingerprint density at radius 2 is 1.35 bits per heavy atom. The Labute approximate surface area is 102 Å². The maximum atomic E-state index is 8.91. The highest BCUT2D eigenvalue weighted by molar-refractivity contribution is 6.51. The summed E-state index contributed by atoms with van der Waals surface area (Å²) in [5.74, 6) is 0. The van der Waals surface area contributed by atoms with Crippen LogP contribution in [0.5, 0.6) is 0 Å². The molecule has 0 amide bonds. The molecule has 2 unspecified atom stereocenters. The number of ether oxygens (including phenoxy) is 3. The van der Waals surface area contributed by atoms with Gasteiger partial charge in [-0.05, 0) is 0 Å². The van der Waals surface area contributed by atoms with Gasteiger partial charge in [0.15, 0.2) is 0 Å². The number of hydrogen-bond donors (Lipinski definition) is 1. The lowest BCUT2D eigenvalue weighted by Crippen LogP contribution is -2.42. The standard InChI is InChI=1S/C6H10O3.C3H10O4Si/c1(5-3-8-5)7-2-6-4-9-6;1-5-8(4,6-2)7-3/h5-6H,1-4H2;4H,1-3H3. The normalized spacial score (nSPS) is 26.1. The first-order valence-corrected chi connectivity index (χ1v) is 6.99. The molecule has 0 aliphatic carbocycles. The second-order valence-corrected chi connectivity index (χ2v) is 5.86. The van der Waals surface area contributed by atoms with Crippen molar-refractivity contribution in [2.24, 2.45) is 0 Å². The Morgan fingerprint density at radius 1 is 1.00 bits per heavy atom. The average Bonchev–Trinajstić information content (AvgIpc) is 3.23. The molecule has 0 spiro atoms. The largest absolute Gasteiger partial charge is 0.676 e. The van der Waals surface area contributed by atoms with Crippen molar-refractivity contribution in [3.63, 3.8) is 0 Å². The molecular weight excluding hydrogens is 248 g/mol. The van der Waals surface area contributed by atoms with Gasteiger partial charge in [0, 0.05) is 21.3 Å². The Hall–Kier alpha value is -0.0631. The maximum absolute atomic E-state index is 8.91. The van der Waals surface area contributed by atoms with E-state index in [1.165, 1.54) is 21.3 Å². The Bertz CT molecular complexity index is 183. The molecule has 0 aromatic rings. The molecule has 17 heavy (non-hydrogen) atoms. The maximum Gasteiger partial charge on any atom is 0.676 e. The van der Waals surface area contributed by atoms with Crippen LogP contribution in [-0.2, 0) is 27.5 Å². The third kappa shape index (κ3) is 7.06. The van der Waals surface area contributed by atoms with E-state index in [9.17, 15) is 0 Å². The molecule has 0 saturated carbocycles. The van der Waals surface area contributed by atoms with Crippen molar-refractivity contribution < 1.29 is 32.3 Å². The van der Waals surface area contributed by atoms with Crippen LogP contribution < -0.4 is 0 Å². The van der Waals surface area contributed by atoms with Gasteiger partial charge in [0.25, 0.3) is 0 Å². The molecule has 2 fully saturated rings. The van der Waals surface area contributed by atoms with Crippen molar-refractivity contribution in [3.05, 3.63) is 0 Å². The molecular formula is C9H20O7Si. The molecule has 2 rings (SSSR count). The predicted octanol–water partition coefficient (Wildman–Crippen LogP) is -0.846. The monoisotopic (exact) mass is 268 g/mol. The molecule has 0 aromatic heterocycles. The van der Waals surface area contributed by atoms with Gasteiger partial charge in [-0.25, -0.2) is 0 Å². The fourth-order valence-corrected chi connectivity index (χ4v) is 1.41. The van der Waals surface area contributed by atoms with E-state index in [1.54, 1.807) is 0 Å². The van der Waals surface area contributed by atoms with Crippen LogP contribution in [0.4, 0.5) is 0 Å². The Kier molecular flexibility index (Phi) is 6.52. The van der Waals surface area contributed by atoms with Crippen LogP contribution in [0, 0.1) is 0 Å². The average molecular weight is 268 g/mol. The van der Waals surface area contributed by atoms with E-state index in [0.717, 1.165) is 26.4 Å². The second kappa shape index (κ2) is 7.39. The van der Waals surface area contributed by atoms with E-state index < -0.39 is 9.05 Å². The van der Waals surface area contributed by atoms with Crippen LogP contribution in [0.1, 0.15) is 0 Å². The summed E-state index contributed by atoms with van der Waals surface area (Å²) < 4.78 is 28.6. The van der Waals surface area contributed by atoms with Crippen molar-refractivity contribution in [1.29, 1.82) is 0 Å². The summed E-state index contributed by atoms with van der Waals surface area (Å²) in [5, 5.41) is 0. The lowest BCUT2D eigenvalue weighted by Gasteiger charge is -2.14. The molecule has 0 bridgehead atoms. The highest BCUT2D eigenvalue weighted by atomic mass is 28.4. The summed E-state index contributed by atoms with van der Waals surface area (Å²) in [6, 6.07) is 0. The van der Waals surface area contributed by atoms with Crippen LogP contribution in [0.3, 0.4) is 0 Å². The summed E-state index contributed by atoms with van der Waals surface area (Å²) in [4.78, 5) is 8.91. The highest BCUT2D eigenvalue weighted by Crippen LogP contribution is 2.12. The van der Waals surface area contributed by atoms with Crippen molar-refractivity contribution in [2.75, 3.05) is 47.8 Å². The summed E-state index contributed by atoms with van der Waals surface area (Å²) in [5.41, 5.74) is 0. The van der Waals surface area contributed by atoms with Crippen LogP contribution in [-0.4, -0.2) is 73.8 Å². The topological polar surface area (TPSA) is 82.2 Å². The lowest BCUT2D eigenvalue weighted by molar-refractivity contribution is 0.0418. The van der Waals surface area contributed by atoms with Crippen molar-refractivity contribution >= 4 is 9.05 Å². The molecule has 0 radical (unpaired) electrons. The third-order valence-electron chi connectivity index (χ3n) is 2.19. The van der Waals surface area contributed by atoms with Gasteiger partial charge in [0.2, 0.25) is 0 Å². The first kappa shape index (κ1) is 15.0. The van der Waals surface area contributed by atoms with Gasteiger partial charge in [-0.1, -0.05) is 0 Å². The van der Waals surface area contributed by atoms with E-state index >= 15 is 0 Å². The molecule has 7 nitrogen and oxygen atoms in total. The molecule has 2 aliphatic rings. The lowest BCUT2D eigenvalue weighted by atomic mass is 10.5. The quantitative estimate of drug-likeness (QED) is 0.476. The van der Waals surface area contributed by atoms with E-state index in [1.807, 2.05) is 0 Å². The number of rotatable bonds is 7. The highest BCUT2D eigenvalue weighted by Gasteiger charge is 2.36. The van der Waals surface area contributed by atoms with E-state index in [4.69, 9.17) is 19.0 Å². The minimum Gasteiger partial charge on any atom is -0.376 e. The van der Waals surface area contributed by atoms with Gasteiger partial charge in [-0.2, -0.15) is 0 Å². The molecule has 2 atom stereocenters. The number of epoxide rings is 2. The summed E-state index contributed by atoms with van der Waals surface area (Å²) in [7, 11) is 0.826. The van der Waals surface area contributed by atoms with Crippen LogP contribution in [0.15, 0.2) is 0 Å². The van der Waals surface area contributed by atoms with Gasteiger partial charge in [0.05, 0.1) is 26.4 Å². The van der Waals surface area contributed by atoms with E-state index in [0.29, 0.717) is 12.2 Å². The van der Waals surface area contributed by atoms with Gasteiger partial charge >= 0.3 is 9.05 Å². The SMILES string of the molecule is C(OCC1CO1)C1CO1.CO[Si](O)(OC)OC. The van der Waals surface area contributed by atoms with Crippen molar-refractivity contribution in [2.45, 2.75) is 12.2 Å². The van der Waals surface area contributed by atoms with Crippen LogP contribution >= 0.6 is 0 Å². The van der Waals surface area contributed by atoms with Crippen molar-refractivity contribution in [1.82, 2.24) is 0 Å². The zero-order chi connectivity index (χ0) is 12.7. The molecule has 2 saturated heterocycles. The molecule has 2 aliphatic heterocycles. The van der Waals surface area contributed by atoms with E-state index in [-0.39, 0.29) is 0 Å². The molecule has 8 heteroatoms. The zero-order valence-electron chi connectivity index (χ0n) is 10.4. The van der Waals surface area contributed by atoms with Gasteiger partial charge in [-0.15, -0.1) is 0 Å². The third-order valence-corrected chi connectivity index (χ3v) is 3.73. The molecule has 2 heterocycles. The van der Waals surface area contributed by atoms with Crippen LogP contribution in [0.2, 0.25) is 0 Å². The first-order valence-electron chi connectivity index (χ1n) is 5.32. The molecule has 1 N–H and O–H groups in total. The zero-order valence-corrected chi connectivity index (χ0v) is 11.4. The predicted molar refractivity (Wildman–Crippen MR) is 59.3 cm³/mol. The Morgan fingerprint density at radius 3 is 1.53 bits per heavy atom. The summed E-state index contributed by atoms with van der Waals surface area (Å²) in [6.07, 6.45) is 0.785. The molecule has 102 valence electrons. The van der Waals surface area contributed by atoms with Gasteiger partial charge in [0.1, 0.15) is 12.2 Å². The Balaban J connectivity index is 0.000000172. The number of hydrogen-bond acceptors (Lipinski definition) is 7. The fourth-order valence-electron chi connectivity index (χ4n) is 0.909. The summed E-state index contributed by atoms with van der Waals surface area (Å²) >= 11 is 0. The second-order valence-electron chi connectivity index (χ2n) is 3.58. The van der Waals surface area contributed by atoms with Crippen molar-refractivity contribution in [3.8, 4) is 0 Å². The summed E-state index contributed by atoms with van der Waals surface area (Å²) in [6.45, 7) is 3.26. The minimum atomic E-state index is -3.17. The van der Waals surface area contributed by atoms with Gasteiger partial charge < -0.3 is 32.3 Å². The fraction of sp³-hybridized carbons (Fsp3) is 1.00. The van der Waals surface area contributed by atoms with Gasteiger partial charge in [-0.3, -0.25) is 0 Å². The smallest absolute Gasteiger partial charge is 0.376 e. The molecule has 0 aromatic carbocycles. The first-order chi connectivity index (χ1) is 8.13. The van der Waals surface area contributed by atoms with Crippen LogP contribution in [0.25, 0.3) is 0 Å². The van der Waals surface area contributed by atoms with E-state index in [2.05, 4.69) is 13.3 Å².